The molecule has 4 aromatic rings. The maximum absolute atomic E-state index is 12.0. The van der Waals surface area contributed by atoms with E-state index in [0.717, 1.165) is 34.1 Å². The summed E-state index contributed by atoms with van der Waals surface area (Å²) in [4.78, 5) is 4.38. The molecule has 0 fully saturated rings. The number of aromatic nitrogens is 3. The first-order valence-corrected chi connectivity index (χ1v) is 7.32. The summed E-state index contributed by atoms with van der Waals surface area (Å²) in [6.07, 6.45) is 4.31. The van der Waals surface area contributed by atoms with Gasteiger partial charge in [0.1, 0.15) is 0 Å². The lowest BCUT2D eigenvalue weighted by Gasteiger charge is -2.07. The molecule has 4 heteroatoms. The Balaban J connectivity index is 1.80. The lowest BCUT2D eigenvalue weighted by Crippen LogP contribution is -2.26. The number of pyridine rings is 1. The number of rotatable bonds is 3. The second kappa shape index (κ2) is 5.15. The normalized spacial score (nSPS) is 11.3. The molecule has 0 aliphatic carbocycles. The minimum Gasteiger partial charge on any atom is -0.618 e. The van der Waals surface area contributed by atoms with Crippen LogP contribution in [0.3, 0.4) is 0 Å². The number of hydrogen-bond donors (Lipinski definition) is 0. The molecule has 4 nitrogen and oxygen atoms in total. The highest BCUT2D eigenvalue weighted by Crippen LogP contribution is 2.22. The molecule has 2 aromatic heterocycles. The van der Waals surface area contributed by atoms with Gasteiger partial charge in [-0.25, -0.2) is 4.98 Å². The zero-order chi connectivity index (χ0) is 14.9. The van der Waals surface area contributed by atoms with Crippen molar-refractivity contribution < 1.29 is 4.73 Å². The summed E-state index contributed by atoms with van der Waals surface area (Å²) in [7, 11) is 0. The Labute approximate surface area is 127 Å². The predicted octanol–water partition coefficient (Wildman–Crippen LogP) is 3.07. The van der Waals surface area contributed by atoms with E-state index in [0.29, 0.717) is 5.52 Å². The highest BCUT2D eigenvalue weighted by atomic mass is 16.5. The molecule has 2 aromatic carbocycles. The van der Waals surface area contributed by atoms with Gasteiger partial charge in [0.2, 0.25) is 11.7 Å². The fourth-order valence-electron chi connectivity index (χ4n) is 2.90. The SMILES string of the molecule is [O-][n+]1cc2ncn(CCc3ccccc3)c2c2ccccc21. The average Bonchev–Trinajstić information content (AvgIpc) is 2.97. The van der Waals surface area contributed by atoms with Crippen molar-refractivity contribution in [3.63, 3.8) is 0 Å². The van der Waals surface area contributed by atoms with Crippen molar-refractivity contribution in [2.45, 2.75) is 13.0 Å². The number of imidazole rings is 1. The van der Waals surface area contributed by atoms with E-state index in [9.17, 15) is 5.21 Å². The van der Waals surface area contributed by atoms with Crippen molar-refractivity contribution in [3.8, 4) is 0 Å². The number of aryl methyl sites for hydroxylation is 2. The van der Waals surface area contributed by atoms with Crippen LogP contribution >= 0.6 is 0 Å². The number of nitrogens with zero attached hydrogens (tertiary/aromatic N) is 3. The van der Waals surface area contributed by atoms with Crippen LogP contribution in [0.5, 0.6) is 0 Å². The summed E-state index contributed by atoms with van der Waals surface area (Å²) >= 11 is 0. The predicted molar refractivity (Wildman–Crippen MR) is 86.3 cm³/mol. The molecule has 0 spiro atoms. The number of fused-ring (bicyclic) bond motifs is 3. The Hall–Kier alpha value is -2.88. The molecular weight excluding hydrogens is 274 g/mol. The third-order valence-corrected chi connectivity index (χ3v) is 3.99. The molecule has 0 N–H and O–H groups in total. The van der Waals surface area contributed by atoms with Gasteiger partial charge in [-0.05, 0) is 18.1 Å². The van der Waals surface area contributed by atoms with Gasteiger partial charge in [-0.3, -0.25) is 0 Å². The van der Waals surface area contributed by atoms with Crippen molar-refractivity contribution >= 4 is 21.9 Å². The van der Waals surface area contributed by atoms with E-state index in [2.05, 4.69) is 33.8 Å². The third kappa shape index (κ3) is 2.09. The van der Waals surface area contributed by atoms with Crippen LogP contribution in [0.4, 0.5) is 0 Å². The van der Waals surface area contributed by atoms with Crippen molar-refractivity contribution in [1.29, 1.82) is 0 Å². The second-order valence-electron chi connectivity index (χ2n) is 5.38. The van der Waals surface area contributed by atoms with E-state index in [1.54, 1.807) is 6.20 Å². The van der Waals surface area contributed by atoms with Gasteiger partial charge in [0, 0.05) is 12.6 Å². The van der Waals surface area contributed by atoms with E-state index in [4.69, 9.17) is 0 Å². The van der Waals surface area contributed by atoms with E-state index in [-0.39, 0.29) is 0 Å². The minimum atomic E-state index is 0.677. The fourth-order valence-corrected chi connectivity index (χ4v) is 2.90. The standard InChI is InChI=1S/C18H15N3O/c22-21-12-16-18(15-8-4-5-9-17(15)21)20(13-19-16)11-10-14-6-2-1-3-7-14/h1-9,12-13H,10-11H2. The van der Waals surface area contributed by atoms with Crippen LogP contribution in [0, 0.1) is 5.21 Å². The summed E-state index contributed by atoms with van der Waals surface area (Å²) in [5.41, 5.74) is 3.74. The Bertz CT molecular complexity index is 945. The molecule has 22 heavy (non-hydrogen) atoms. The van der Waals surface area contributed by atoms with Gasteiger partial charge in [-0.2, -0.15) is 4.73 Å². The fraction of sp³-hybridized carbons (Fsp3) is 0.111. The molecule has 2 heterocycles. The molecular formula is C18H15N3O. The van der Waals surface area contributed by atoms with E-state index < -0.39 is 0 Å². The van der Waals surface area contributed by atoms with Gasteiger partial charge < -0.3 is 9.77 Å². The molecule has 0 atom stereocenters. The van der Waals surface area contributed by atoms with Crippen molar-refractivity contribution in [2.24, 2.45) is 0 Å². The molecule has 0 saturated carbocycles. The molecule has 0 bridgehead atoms. The largest absolute Gasteiger partial charge is 0.618 e. The van der Waals surface area contributed by atoms with Gasteiger partial charge in [0.05, 0.1) is 17.2 Å². The average molecular weight is 289 g/mol. The molecule has 0 unspecified atom stereocenters. The number of para-hydroxylation sites is 1. The van der Waals surface area contributed by atoms with Crippen LogP contribution in [0.1, 0.15) is 5.56 Å². The summed E-state index contributed by atoms with van der Waals surface area (Å²) < 4.78 is 3.02. The highest BCUT2D eigenvalue weighted by molar-refractivity contribution is 6.00. The Morgan fingerprint density at radius 1 is 1.00 bits per heavy atom. The van der Waals surface area contributed by atoms with E-state index in [1.807, 2.05) is 36.7 Å². The van der Waals surface area contributed by atoms with E-state index >= 15 is 0 Å². The first-order chi connectivity index (χ1) is 10.8. The molecule has 108 valence electrons. The second-order valence-corrected chi connectivity index (χ2v) is 5.38. The lowest BCUT2D eigenvalue weighted by molar-refractivity contribution is -0.575. The summed E-state index contributed by atoms with van der Waals surface area (Å²) in [5.74, 6) is 0. The summed E-state index contributed by atoms with van der Waals surface area (Å²) in [5, 5.41) is 13.0. The number of benzene rings is 2. The smallest absolute Gasteiger partial charge is 0.226 e. The van der Waals surface area contributed by atoms with Crippen molar-refractivity contribution in [2.75, 3.05) is 0 Å². The van der Waals surface area contributed by atoms with Crippen molar-refractivity contribution in [1.82, 2.24) is 9.55 Å². The molecule has 0 aliphatic rings. The number of hydrogen-bond acceptors (Lipinski definition) is 2. The molecule has 0 amide bonds. The van der Waals surface area contributed by atoms with Crippen LogP contribution in [-0.4, -0.2) is 9.55 Å². The minimum absolute atomic E-state index is 0.677. The quantitative estimate of drug-likeness (QED) is 0.430. The first-order valence-electron chi connectivity index (χ1n) is 7.32. The molecule has 0 radical (unpaired) electrons. The Morgan fingerprint density at radius 3 is 2.64 bits per heavy atom. The van der Waals surface area contributed by atoms with Gasteiger partial charge >= 0.3 is 0 Å². The van der Waals surface area contributed by atoms with E-state index in [1.165, 1.54) is 5.56 Å². The monoisotopic (exact) mass is 289 g/mol. The highest BCUT2D eigenvalue weighted by Gasteiger charge is 2.13. The van der Waals surface area contributed by atoms with Crippen LogP contribution in [0.15, 0.2) is 67.1 Å². The Kier molecular flexibility index (Phi) is 3.00. The van der Waals surface area contributed by atoms with Gasteiger partial charge in [-0.15, -0.1) is 0 Å². The third-order valence-electron chi connectivity index (χ3n) is 3.99. The van der Waals surface area contributed by atoms with Gasteiger partial charge in [-0.1, -0.05) is 42.5 Å². The Morgan fingerprint density at radius 2 is 1.77 bits per heavy atom. The van der Waals surface area contributed by atoms with Crippen LogP contribution in [0.2, 0.25) is 0 Å². The molecule has 0 saturated heterocycles. The van der Waals surface area contributed by atoms with Crippen LogP contribution < -0.4 is 4.73 Å². The van der Waals surface area contributed by atoms with Crippen LogP contribution in [-0.2, 0) is 13.0 Å². The zero-order valence-corrected chi connectivity index (χ0v) is 12.0. The zero-order valence-electron chi connectivity index (χ0n) is 12.0. The van der Waals surface area contributed by atoms with Gasteiger partial charge in [0.15, 0.2) is 5.52 Å². The summed E-state index contributed by atoms with van der Waals surface area (Å²) in [6, 6.07) is 18.0. The van der Waals surface area contributed by atoms with Crippen LogP contribution in [0.25, 0.3) is 21.9 Å². The maximum Gasteiger partial charge on any atom is 0.226 e. The van der Waals surface area contributed by atoms with Gasteiger partial charge in [0.25, 0.3) is 0 Å². The lowest BCUT2D eigenvalue weighted by atomic mass is 10.1. The topological polar surface area (TPSA) is 44.8 Å². The van der Waals surface area contributed by atoms with Crippen molar-refractivity contribution in [3.05, 3.63) is 77.9 Å². The molecule has 4 rings (SSSR count). The summed E-state index contributed by atoms with van der Waals surface area (Å²) in [6.45, 7) is 0.841. The molecule has 0 aliphatic heterocycles. The first kappa shape index (κ1) is 12.8. The maximum atomic E-state index is 12.0.